The molecule has 1 atom stereocenters. The molecule has 180 valence electrons. The van der Waals surface area contributed by atoms with Crippen LogP contribution >= 0.6 is 0 Å². The standard InChI is InChI=1S/C27H32N2O5/c1-17(10-11-25(30)29-19-12-18(13-19)14-26(31)32)15-28-27(33)34-16-24-22-8-4-2-6-20(22)21-7-3-5-9-23(21)24/h2-9,17-19,24H,10-16H2,1H3,(H,28,33)(H,29,30)(H,31,32). The van der Waals surface area contributed by atoms with Gasteiger partial charge in [-0.3, -0.25) is 9.59 Å². The second-order valence-electron chi connectivity index (χ2n) is 9.55. The van der Waals surface area contributed by atoms with Crippen LogP contribution in [0.5, 0.6) is 0 Å². The van der Waals surface area contributed by atoms with Crippen LogP contribution in [-0.2, 0) is 14.3 Å². The molecule has 7 nitrogen and oxygen atoms in total. The number of carboxylic acids is 1. The van der Waals surface area contributed by atoms with Crippen molar-refractivity contribution in [3.05, 3.63) is 59.7 Å². The van der Waals surface area contributed by atoms with Gasteiger partial charge in [0.2, 0.25) is 5.91 Å². The summed E-state index contributed by atoms with van der Waals surface area (Å²) in [7, 11) is 0. The van der Waals surface area contributed by atoms with E-state index in [1.54, 1.807) is 0 Å². The fraction of sp³-hybridized carbons (Fsp3) is 0.444. The molecule has 4 rings (SSSR count). The topological polar surface area (TPSA) is 105 Å². The molecule has 2 amide bonds. The molecule has 0 spiro atoms. The molecule has 2 aromatic rings. The summed E-state index contributed by atoms with van der Waals surface area (Å²) in [6.45, 7) is 2.71. The quantitative estimate of drug-likeness (QED) is 0.486. The first kappa shape index (κ1) is 23.8. The van der Waals surface area contributed by atoms with Crippen LogP contribution in [0.1, 0.15) is 56.1 Å². The largest absolute Gasteiger partial charge is 0.481 e. The number of nitrogens with one attached hydrogen (secondary N) is 2. The Balaban J connectivity index is 1.15. The third kappa shape index (κ3) is 5.76. The van der Waals surface area contributed by atoms with Gasteiger partial charge in [-0.2, -0.15) is 0 Å². The molecule has 0 aliphatic heterocycles. The fourth-order valence-electron chi connectivity index (χ4n) is 4.95. The van der Waals surface area contributed by atoms with Crippen LogP contribution in [0.25, 0.3) is 11.1 Å². The van der Waals surface area contributed by atoms with Crippen LogP contribution < -0.4 is 10.6 Å². The van der Waals surface area contributed by atoms with Crippen molar-refractivity contribution in [1.82, 2.24) is 10.6 Å². The van der Waals surface area contributed by atoms with Crippen molar-refractivity contribution in [2.75, 3.05) is 13.2 Å². The van der Waals surface area contributed by atoms with Crippen LogP contribution in [-0.4, -0.2) is 42.3 Å². The SMILES string of the molecule is CC(CCC(=O)NC1CC(CC(=O)O)C1)CNC(=O)OCC1c2ccccc2-c2ccccc21. The van der Waals surface area contributed by atoms with Crippen molar-refractivity contribution in [2.24, 2.45) is 11.8 Å². The third-order valence-electron chi connectivity index (χ3n) is 6.87. The van der Waals surface area contributed by atoms with Crippen molar-refractivity contribution in [3.8, 4) is 11.1 Å². The van der Waals surface area contributed by atoms with E-state index in [2.05, 4.69) is 34.9 Å². The zero-order valence-corrected chi connectivity index (χ0v) is 19.5. The van der Waals surface area contributed by atoms with Gasteiger partial charge in [0, 0.05) is 31.3 Å². The number of amides is 2. The average molecular weight is 465 g/mol. The highest BCUT2D eigenvalue weighted by atomic mass is 16.5. The van der Waals surface area contributed by atoms with Gasteiger partial charge in [0.25, 0.3) is 0 Å². The Bertz CT molecular complexity index is 1000. The molecule has 2 aliphatic carbocycles. The lowest BCUT2D eigenvalue weighted by atomic mass is 9.78. The number of carbonyl (C=O) groups excluding carboxylic acids is 2. The molecule has 2 aliphatic rings. The summed E-state index contributed by atoms with van der Waals surface area (Å²) in [5.74, 6) is -0.476. The number of carboxylic acid groups (broad SMARTS) is 1. The van der Waals surface area contributed by atoms with Crippen molar-refractivity contribution in [3.63, 3.8) is 0 Å². The maximum Gasteiger partial charge on any atom is 0.407 e. The van der Waals surface area contributed by atoms with Gasteiger partial charge < -0.3 is 20.5 Å². The molecule has 0 radical (unpaired) electrons. The zero-order valence-electron chi connectivity index (χ0n) is 19.5. The molecular formula is C27H32N2O5. The second kappa shape index (κ2) is 10.7. The minimum absolute atomic E-state index is 0.0215. The number of fused-ring (bicyclic) bond motifs is 3. The molecule has 0 bridgehead atoms. The van der Waals surface area contributed by atoms with E-state index in [1.807, 2.05) is 31.2 Å². The maximum absolute atomic E-state index is 12.3. The molecular weight excluding hydrogens is 432 g/mol. The summed E-state index contributed by atoms with van der Waals surface area (Å²) in [5, 5.41) is 14.6. The first-order valence-corrected chi connectivity index (χ1v) is 12.0. The Hall–Kier alpha value is -3.35. The number of ether oxygens (including phenoxy) is 1. The maximum atomic E-state index is 12.3. The first-order chi connectivity index (χ1) is 16.4. The second-order valence-corrected chi connectivity index (χ2v) is 9.55. The zero-order chi connectivity index (χ0) is 24.1. The number of hydrogen-bond acceptors (Lipinski definition) is 4. The summed E-state index contributed by atoms with van der Waals surface area (Å²) < 4.78 is 5.56. The number of alkyl carbamates (subject to hydrolysis) is 1. The lowest BCUT2D eigenvalue weighted by Gasteiger charge is -2.35. The van der Waals surface area contributed by atoms with Crippen LogP contribution in [0.2, 0.25) is 0 Å². The minimum atomic E-state index is -0.785. The van der Waals surface area contributed by atoms with Crippen molar-refractivity contribution in [2.45, 2.75) is 51.0 Å². The number of rotatable bonds is 10. The lowest BCUT2D eigenvalue weighted by Crippen LogP contribution is -2.44. The molecule has 3 N–H and O–H groups in total. The predicted molar refractivity (Wildman–Crippen MR) is 128 cm³/mol. The number of carbonyl (C=O) groups is 3. The molecule has 1 saturated carbocycles. The Morgan fingerprint density at radius 3 is 2.26 bits per heavy atom. The van der Waals surface area contributed by atoms with Gasteiger partial charge in [0.15, 0.2) is 0 Å². The van der Waals surface area contributed by atoms with E-state index in [0.29, 0.717) is 19.4 Å². The van der Waals surface area contributed by atoms with Crippen molar-refractivity contribution < 1.29 is 24.2 Å². The Kier molecular flexibility index (Phi) is 7.50. The van der Waals surface area contributed by atoms with Crippen LogP contribution in [0.4, 0.5) is 4.79 Å². The molecule has 2 aromatic carbocycles. The summed E-state index contributed by atoms with van der Waals surface area (Å²) in [4.78, 5) is 35.1. The number of benzene rings is 2. The van der Waals surface area contributed by atoms with Gasteiger partial charge in [-0.05, 0) is 53.4 Å². The van der Waals surface area contributed by atoms with Gasteiger partial charge in [-0.25, -0.2) is 4.79 Å². The minimum Gasteiger partial charge on any atom is -0.481 e. The van der Waals surface area contributed by atoms with Gasteiger partial charge in [-0.1, -0.05) is 55.5 Å². The van der Waals surface area contributed by atoms with Gasteiger partial charge in [0.1, 0.15) is 6.61 Å². The van der Waals surface area contributed by atoms with E-state index in [9.17, 15) is 14.4 Å². The van der Waals surface area contributed by atoms with Crippen LogP contribution in [0.3, 0.4) is 0 Å². The number of aliphatic carboxylic acids is 1. The van der Waals surface area contributed by atoms with Crippen molar-refractivity contribution >= 4 is 18.0 Å². The van der Waals surface area contributed by atoms with E-state index >= 15 is 0 Å². The Labute approximate surface area is 199 Å². The van der Waals surface area contributed by atoms with E-state index in [4.69, 9.17) is 9.84 Å². The normalized spacial score (nSPS) is 19.3. The van der Waals surface area contributed by atoms with E-state index in [0.717, 1.165) is 12.8 Å². The number of hydrogen-bond donors (Lipinski definition) is 3. The van der Waals surface area contributed by atoms with E-state index in [-0.39, 0.29) is 42.7 Å². The van der Waals surface area contributed by atoms with Gasteiger partial charge >= 0.3 is 12.1 Å². The molecule has 0 aromatic heterocycles. The molecule has 1 fully saturated rings. The monoisotopic (exact) mass is 464 g/mol. The first-order valence-electron chi connectivity index (χ1n) is 12.0. The Morgan fingerprint density at radius 2 is 1.65 bits per heavy atom. The van der Waals surface area contributed by atoms with Gasteiger partial charge in [-0.15, -0.1) is 0 Å². The van der Waals surface area contributed by atoms with E-state index in [1.165, 1.54) is 22.3 Å². The fourth-order valence-corrected chi connectivity index (χ4v) is 4.95. The summed E-state index contributed by atoms with van der Waals surface area (Å²) in [5.41, 5.74) is 4.74. The molecule has 0 heterocycles. The average Bonchev–Trinajstić information content (AvgIpc) is 3.12. The van der Waals surface area contributed by atoms with Crippen molar-refractivity contribution in [1.29, 1.82) is 0 Å². The van der Waals surface area contributed by atoms with Gasteiger partial charge in [0.05, 0.1) is 0 Å². The smallest absolute Gasteiger partial charge is 0.407 e. The summed E-state index contributed by atoms with van der Waals surface area (Å²) in [6.07, 6.45) is 2.23. The summed E-state index contributed by atoms with van der Waals surface area (Å²) >= 11 is 0. The highest BCUT2D eigenvalue weighted by Crippen LogP contribution is 2.44. The summed E-state index contributed by atoms with van der Waals surface area (Å²) in [6, 6.07) is 16.5. The molecule has 1 unspecified atom stereocenters. The Morgan fingerprint density at radius 1 is 1.03 bits per heavy atom. The third-order valence-corrected chi connectivity index (χ3v) is 6.87. The van der Waals surface area contributed by atoms with E-state index < -0.39 is 12.1 Å². The molecule has 0 saturated heterocycles. The highest BCUT2D eigenvalue weighted by Gasteiger charge is 2.32. The molecule has 7 heteroatoms. The highest BCUT2D eigenvalue weighted by molar-refractivity contribution is 5.79. The van der Waals surface area contributed by atoms with Crippen LogP contribution in [0.15, 0.2) is 48.5 Å². The lowest BCUT2D eigenvalue weighted by molar-refractivity contribution is -0.139. The predicted octanol–water partition coefficient (Wildman–Crippen LogP) is 4.31. The molecule has 34 heavy (non-hydrogen) atoms. The van der Waals surface area contributed by atoms with Crippen LogP contribution in [0, 0.1) is 11.8 Å².